The van der Waals surface area contributed by atoms with Crippen LogP contribution < -0.4 is 5.32 Å². The number of carboxylic acid groups (broad SMARTS) is 1. The smallest absolute Gasteiger partial charge is 0.330 e. The molecule has 4 nitrogen and oxygen atoms in total. The number of rotatable bonds is 4. The Morgan fingerprint density at radius 1 is 1.44 bits per heavy atom. The third-order valence-corrected chi connectivity index (χ3v) is 3.07. The Morgan fingerprint density at radius 2 is 2.11 bits per heavy atom. The average molecular weight is 272 g/mol. The Kier molecular flexibility index (Phi) is 3.52. The van der Waals surface area contributed by atoms with Gasteiger partial charge in [0.05, 0.1) is 5.02 Å². The van der Waals surface area contributed by atoms with Gasteiger partial charge in [-0.15, -0.1) is 0 Å². The molecular weight excluding hydrogens is 261 g/mol. The van der Waals surface area contributed by atoms with Gasteiger partial charge in [0, 0.05) is 5.92 Å². The van der Waals surface area contributed by atoms with Crippen molar-refractivity contribution in [3.63, 3.8) is 0 Å². The van der Waals surface area contributed by atoms with Crippen molar-refractivity contribution in [1.29, 1.82) is 0 Å². The minimum absolute atomic E-state index is 0.0867. The highest BCUT2D eigenvalue weighted by Crippen LogP contribution is 2.30. The van der Waals surface area contributed by atoms with Crippen LogP contribution >= 0.6 is 11.6 Å². The number of carbonyl (C=O) groups is 2. The molecule has 1 saturated carbocycles. The third-order valence-electron chi connectivity index (χ3n) is 2.76. The predicted octanol–water partition coefficient (Wildman–Crippen LogP) is 2.13. The van der Waals surface area contributed by atoms with Gasteiger partial charge in [-0.1, -0.05) is 17.7 Å². The van der Waals surface area contributed by atoms with Crippen molar-refractivity contribution in [3.8, 4) is 0 Å². The Morgan fingerprint density at radius 3 is 2.61 bits per heavy atom. The first-order chi connectivity index (χ1) is 8.49. The molecule has 1 aromatic carbocycles. The molecule has 0 radical (unpaired) electrons. The summed E-state index contributed by atoms with van der Waals surface area (Å²) in [7, 11) is 0. The van der Waals surface area contributed by atoms with Crippen molar-refractivity contribution < 1.29 is 19.1 Å². The summed E-state index contributed by atoms with van der Waals surface area (Å²) >= 11 is 5.52. The van der Waals surface area contributed by atoms with Crippen LogP contribution in [0, 0.1) is 11.7 Å². The van der Waals surface area contributed by atoms with E-state index in [1.807, 2.05) is 0 Å². The van der Waals surface area contributed by atoms with Crippen LogP contribution in [0.5, 0.6) is 0 Å². The lowest BCUT2D eigenvalue weighted by Gasteiger charge is -2.15. The maximum absolute atomic E-state index is 13.3. The summed E-state index contributed by atoms with van der Waals surface area (Å²) in [5.74, 6) is -2.35. The summed E-state index contributed by atoms with van der Waals surface area (Å²) in [6.45, 7) is 0. The maximum Gasteiger partial charge on any atom is 0.330 e. The number of benzene rings is 1. The highest BCUT2D eigenvalue weighted by Gasteiger charge is 2.33. The first kappa shape index (κ1) is 12.8. The lowest BCUT2D eigenvalue weighted by Crippen LogP contribution is -2.34. The van der Waals surface area contributed by atoms with Gasteiger partial charge >= 0.3 is 5.97 Å². The minimum atomic E-state index is -1.25. The summed E-state index contributed by atoms with van der Waals surface area (Å²) in [6, 6.07) is 2.43. The zero-order valence-corrected chi connectivity index (χ0v) is 10.1. The van der Waals surface area contributed by atoms with Gasteiger partial charge in [0.2, 0.25) is 5.91 Å². The molecule has 0 heterocycles. The van der Waals surface area contributed by atoms with Gasteiger partial charge in [-0.05, 0) is 30.5 Å². The quantitative estimate of drug-likeness (QED) is 0.882. The molecule has 96 valence electrons. The second-order valence-electron chi connectivity index (χ2n) is 4.23. The molecule has 18 heavy (non-hydrogen) atoms. The van der Waals surface area contributed by atoms with Crippen LogP contribution in [0.4, 0.5) is 4.39 Å². The van der Waals surface area contributed by atoms with Crippen molar-refractivity contribution in [2.24, 2.45) is 5.92 Å². The number of hydrogen-bond donors (Lipinski definition) is 2. The number of nitrogens with one attached hydrogen (secondary N) is 1. The second kappa shape index (κ2) is 4.94. The molecule has 1 aliphatic carbocycles. The molecule has 1 fully saturated rings. The molecule has 0 bridgehead atoms. The highest BCUT2D eigenvalue weighted by molar-refractivity contribution is 6.30. The molecule has 0 spiro atoms. The van der Waals surface area contributed by atoms with Gasteiger partial charge < -0.3 is 10.4 Å². The van der Waals surface area contributed by atoms with Crippen LogP contribution in [-0.2, 0) is 9.59 Å². The molecule has 1 amide bonds. The number of aliphatic carboxylic acids is 1. The van der Waals surface area contributed by atoms with Crippen LogP contribution in [0.1, 0.15) is 24.4 Å². The normalized spacial score (nSPS) is 16.1. The Bertz CT molecular complexity index is 502. The summed E-state index contributed by atoms with van der Waals surface area (Å²) in [5.41, 5.74) is 0.165. The van der Waals surface area contributed by atoms with E-state index in [9.17, 15) is 14.0 Å². The lowest BCUT2D eigenvalue weighted by atomic mass is 10.1. The number of carboxylic acids is 1. The lowest BCUT2D eigenvalue weighted by molar-refractivity contribution is -0.142. The zero-order valence-electron chi connectivity index (χ0n) is 9.32. The Labute approximate surface area is 108 Å². The number of carbonyl (C=O) groups excluding carboxylic acids is 1. The van der Waals surface area contributed by atoms with Gasteiger partial charge in [0.15, 0.2) is 6.04 Å². The Balaban J connectivity index is 2.20. The maximum atomic E-state index is 13.3. The van der Waals surface area contributed by atoms with Crippen LogP contribution in [-0.4, -0.2) is 17.0 Å². The van der Waals surface area contributed by atoms with E-state index in [2.05, 4.69) is 5.32 Å². The first-order valence-corrected chi connectivity index (χ1v) is 5.85. The standard InChI is InChI=1S/C12H11ClFNO3/c13-8-4-3-7(5-9(8)14)10(12(17)18)15-11(16)6-1-2-6/h3-6,10H,1-2H2,(H,15,16)(H,17,18). The molecule has 0 aromatic heterocycles. The fourth-order valence-electron chi connectivity index (χ4n) is 1.59. The van der Waals surface area contributed by atoms with E-state index < -0.39 is 17.8 Å². The van der Waals surface area contributed by atoms with Crippen molar-refractivity contribution in [2.45, 2.75) is 18.9 Å². The molecule has 1 aliphatic rings. The average Bonchev–Trinajstić information content (AvgIpc) is 3.13. The third kappa shape index (κ3) is 2.79. The van der Waals surface area contributed by atoms with Gasteiger partial charge in [-0.3, -0.25) is 4.79 Å². The van der Waals surface area contributed by atoms with Crippen molar-refractivity contribution in [2.75, 3.05) is 0 Å². The van der Waals surface area contributed by atoms with E-state index in [1.165, 1.54) is 12.1 Å². The van der Waals surface area contributed by atoms with Gasteiger partial charge in [-0.2, -0.15) is 0 Å². The molecule has 1 atom stereocenters. The van der Waals surface area contributed by atoms with E-state index in [1.54, 1.807) is 0 Å². The van der Waals surface area contributed by atoms with Crippen molar-refractivity contribution in [1.82, 2.24) is 5.32 Å². The number of halogens is 2. The van der Waals surface area contributed by atoms with Crippen LogP contribution in [0.3, 0.4) is 0 Å². The molecule has 0 saturated heterocycles. The van der Waals surface area contributed by atoms with Crippen LogP contribution in [0.2, 0.25) is 5.02 Å². The van der Waals surface area contributed by atoms with E-state index >= 15 is 0 Å². The first-order valence-electron chi connectivity index (χ1n) is 5.47. The minimum Gasteiger partial charge on any atom is -0.479 e. The zero-order chi connectivity index (χ0) is 13.3. The highest BCUT2D eigenvalue weighted by atomic mass is 35.5. The molecular formula is C12H11ClFNO3. The molecule has 2 rings (SSSR count). The predicted molar refractivity (Wildman–Crippen MR) is 62.7 cm³/mol. The van der Waals surface area contributed by atoms with Gasteiger partial charge in [0.25, 0.3) is 0 Å². The van der Waals surface area contributed by atoms with Crippen molar-refractivity contribution >= 4 is 23.5 Å². The molecule has 6 heteroatoms. The SMILES string of the molecule is O=C(NC(C(=O)O)c1ccc(Cl)c(F)c1)C1CC1. The summed E-state index contributed by atoms with van der Waals surface area (Å²) < 4.78 is 13.3. The summed E-state index contributed by atoms with van der Waals surface area (Å²) in [4.78, 5) is 22.7. The fourth-order valence-corrected chi connectivity index (χ4v) is 1.70. The summed E-state index contributed by atoms with van der Waals surface area (Å²) in [5, 5.41) is 11.4. The van der Waals surface area contributed by atoms with Crippen LogP contribution in [0.15, 0.2) is 18.2 Å². The molecule has 1 unspecified atom stereocenters. The van der Waals surface area contributed by atoms with E-state index in [0.29, 0.717) is 0 Å². The van der Waals surface area contributed by atoms with Crippen molar-refractivity contribution in [3.05, 3.63) is 34.6 Å². The largest absolute Gasteiger partial charge is 0.479 e. The fraction of sp³-hybridized carbons (Fsp3) is 0.333. The monoisotopic (exact) mass is 271 g/mol. The number of hydrogen-bond acceptors (Lipinski definition) is 2. The molecule has 1 aromatic rings. The molecule has 0 aliphatic heterocycles. The van der Waals surface area contributed by atoms with Crippen LogP contribution in [0.25, 0.3) is 0 Å². The molecule has 2 N–H and O–H groups in total. The van der Waals surface area contributed by atoms with E-state index in [0.717, 1.165) is 18.9 Å². The van der Waals surface area contributed by atoms with Gasteiger partial charge in [0.1, 0.15) is 5.82 Å². The topological polar surface area (TPSA) is 66.4 Å². The summed E-state index contributed by atoms with van der Waals surface area (Å²) in [6.07, 6.45) is 1.54. The Hall–Kier alpha value is -1.62. The number of amides is 1. The van der Waals surface area contributed by atoms with Gasteiger partial charge in [-0.25, -0.2) is 9.18 Å². The van der Waals surface area contributed by atoms with E-state index in [4.69, 9.17) is 16.7 Å². The second-order valence-corrected chi connectivity index (χ2v) is 4.63. The van der Waals surface area contributed by atoms with E-state index in [-0.39, 0.29) is 22.4 Å².